The quantitative estimate of drug-likeness (QED) is 0.616. The van der Waals surface area contributed by atoms with Gasteiger partial charge >= 0.3 is 12.1 Å². The molecule has 0 spiro atoms. The van der Waals surface area contributed by atoms with Crippen LogP contribution in [-0.4, -0.2) is 17.6 Å². The minimum atomic E-state index is -4.90. The highest BCUT2D eigenvalue weighted by Gasteiger charge is 2.39. The highest BCUT2D eigenvalue weighted by Crippen LogP contribution is 2.33. The second-order valence-electron chi connectivity index (χ2n) is 3.05. The van der Waals surface area contributed by atoms with Gasteiger partial charge in [0.05, 0.1) is 12.2 Å². The monoisotopic (exact) mass is 278 g/mol. The first-order valence-corrected chi connectivity index (χ1v) is 5.04. The first-order chi connectivity index (χ1) is 8.31. The molecule has 0 unspecified atom stereocenters. The number of rotatable bonds is 2. The van der Waals surface area contributed by atoms with Crippen molar-refractivity contribution in [3.8, 4) is 6.07 Å². The lowest BCUT2D eigenvalue weighted by atomic mass is 10.1. The summed E-state index contributed by atoms with van der Waals surface area (Å²) in [6, 6.07) is 2.34. The minimum absolute atomic E-state index is 0.121. The topological polar surface area (TPSA) is 63.0 Å². The molecule has 0 N–H and O–H groups in total. The summed E-state index contributed by atoms with van der Waals surface area (Å²) in [5, 5.41) is 8.22. The number of halogens is 4. The van der Waals surface area contributed by atoms with E-state index in [9.17, 15) is 18.0 Å². The Morgan fingerprint density at radius 1 is 1.61 bits per heavy atom. The normalized spacial score (nSPS) is 10.9. The Kier molecular flexibility index (Phi) is 4.14. The van der Waals surface area contributed by atoms with Crippen LogP contribution in [-0.2, 0) is 10.9 Å². The molecule has 0 amide bonds. The van der Waals surface area contributed by atoms with Crippen LogP contribution in [0.15, 0.2) is 6.07 Å². The predicted octanol–water partition coefficient (Wildman–Crippen LogP) is 2.80. The van der Waals surface area contributed by atoms with Crippen LogP contribution in [0.1, 0.15) is 28.5 Å². The molecular weight excluding hydrogens is 273 g/mol. The van der Waals surface area contributed by atoms with Gasteiger partial charge in [-0.2, -0.15) is 18.4 Å². The molecule has 4 nitrogen and oxygen atoms in total. The van der Waals surface area contributed by atoms with Crippen molar-refractivity contribution in [3.63, 3.8) is 0 Å². The van der Waals surface area contributed by atoms with E-state index in [2.05, 4.69) is 9.72 Å². The van der Waals surface area contributed by atoms with Gasteiger partial charge < -0.3 is 4.74 Å². The maximum absolute atomic E-state index is 12.7. The van der Waals surface area contributed by atoms with Gasteiger partial charge in [0, 0.05) is 0 Å². The van der Waals surface area contributed by atoms with Crippen molar-refractivity contribution in [2.45, 2.75) is 13.1 Å². The zero-order valence-electron chi connectivity index (χ0n) is 9.01. The number of hydrogen-bond donors (Lipinski definition) is 0. The van der Waals surface area contributed by atoms with E-state index in [4.69, 9.17) is 16.9 Å². The molecule has 0 aromatic carbocycles. The fourth-order valence-corrected chi connectivity index (χ4v) is 1.41. The summed E-state index contributed by atoms with van der Waals surface area (Å²) in [6.07, 6.45) is -4.90. The van der Waals surface area contributed by atoms with Gasteiger partial charge in [0.25, 0.3) is 0 Å². The van der Waals surface area contributed by atoms with E-state index in [-0.39, 0.29) is 6.61 Å². The molecule has 0 aliphatic heterocycles. The molecule has 0 bridgehead atoms. The van der Waals surface area contributed by atoms with Crippen molar-refractivity contribution in [2.24, 2.45) is 0 Å². The third kappa shape index (κ3) is 2.90. The highest BCUT2D eigenvalue weighted by molar-refractivity contribution is 6.29. The van der Waals surface area contributed by atoms with Crippen LogP contribution >= 0.6 is 11.6 Å². The number of hydrogen-bond acceptors (Lipinski definition) is 4. The number of carbonyl (C=O) groups excluding carboxylic acids is 1. The van der Waals surface area contributed by atoms with Crippen LogP contribution in [0.4, 0.5) is 13.2 Å². The van der Waals surface area contributed by atoms with Gasteiger partial charge in [-0.1, -0.05) is 11.6 Å². The Labute approximate surface area is 105 Å². The van der Waals surface area contributed by atoms with Gasteiger partial charge in [-0.05, 0) is 13.0 Å². The Bertz CT molecular complexity index is 523. The van der Waals surface area contributed by atoms with Crippen molar-refractivity contribution in [3.05, 3.63) is 28.0 Å². The zero-order valence-corrected chi connectivity index (χ0v) is 9.76. The molecule has 1 aromatic rings. The molecule has 0 saturated carbocycles. The molecule has 0 fully saturated rings. The number of nitrogens with zero attached hydrogens (tertiary/aromatic N) is 2. The Morgan fingerprint density at radius 2 is 2.22 bits per heavy atom. The summed E-state index contributed by atoms with van der Waals surface area (Å²) in [4.78, 5) is 14.5. The van der Waals surface area contributed by atoms with Crippen LogP contribution in [0.5, 0.6) is 0 Å². The number of alkyl halides is 3. The number of aromatic nitrogens is 1. The summed E-state index contributed by atoms with van der Waals surface area (Å²) in [5.74, 6) is -1.26. The summed E-state index contributed by atoms with van der Waals surface area (Å²) in [6.45, 7) is 1.31. The molecule has 18 heavy (non-hydrogen) atoms. The van der Waals surface area contributed by atoms with Crippen LogP contribution in [0.3, 0.4) is 0 Å². The van der Waals surface area contributed by atoms with E-state index in [1.165, 1.54) is 13.0 Å². The second-order valence-corrected chi connectivity index (χ2v) is 3.43. The van der Waals surface area contributed by atoms with E-state index >= 15 is 0 Å². The summed E-state index contributed by atoms with van der Waals surface area (Å²) >= 11 is 5.37. The molecule has 1 heterocycles. The fraction of sp³-hybridized carbons (Fsp3) is 0.300. The minimum Gasteiger partial charge on any atom is -0.462 e. The molecule has 8 heteroatoms. The number of carbonyl (C=O) groups is 1. The van der Waals surface area contributed by atoms with Crippen LogP contribution in [0, 0.1) is 11.3 Å². The lowest BCUT2D eigenvalue weighted by Crippen LogP contribution is -2.19. The standard InChI is InChI=1S/C10H6ClF3N2O2/c1-2-18-9(17)7-5(4-15)3-6(11)16-8(7)10(12,13)14/h3H,2H2,1H3. The van der Waals surface area contributed by atoms with Crippen molar-refractivity contribution >= 4 is 17.6 Å². The summed E-state index contributed by atoms with van der Waals surface area (Å²) in [7, 11) is 0. The van der Waals surface area contributed by atoms with Gasteiger partial charge in [0.2, 0.25) is 0 Å². The smallest absolute Gasteiger partial charge is 0.434 e. The van der Waals surface area contributed by atoms with Gasteiger partial charge in [-0.15, -0.1) is 0 Å². The first kappa shape index (κ1) is 14.3. The van der Waals surface area contributed by atoms with Gasteiger partial charge in [0.1, 0.15) is 16.8 Å². The second kappa shape index (κ2) is 5.23. The van der Waals surface area contributed by atoms with Crippen molar-refractivity contribution in [1.82, 2.24) is 4.98 Å². The molecule has 1 aromatic heterocycles. The highest BCUT2D eigenvalue weighted by atomic mass is 35.5. The molecular formula is C10H6ClF3N2O2. The zero-order chi connectivity index (χ0) is 13.9. The Balaban J connectivity index is 3.54. The first-order valence-electron chi connectivity index (χ1n) is 4.66. The number of pyridine rings is 1. The largest absolute Gasteiger partial charge is 0.462 e. The van der Waals surface area contributed by atoms with Gasteiger partial charge in [-0.3, -0.25) is 0 Å². The number of nitriles is 1. The fourth-order valence-electron chi connectivity index (χ4n) is 1.22. The molecule has 0 aliphatic carbocycles. The molecule has 96 valence electrons. The van der Waals surface area contributed by atoms with Gasteiger partial charge in [0.15, 0.2) is 5.69 Å². The molecule has 0 aliphatic rings. The maximum Gasteiger partial charge on any atom is 0.434 e. The Morgan fingerprint density at radius 3 is 2.67 bits per heavy atom. The summed E-state index contributed by atoms with van der Waals surface area (Å²) in [5.41, 5.74) is -2.97. The molecule has 0 saturated heterocycles. The summed E-state index contributed by atoms with van der Waals surface area (Å²) < 4.78 is 42.6. The van der Waals surface area contributed by atoms with Crippen molar-refractivity contribution in [2.75, 3.05) is 6.61 Å². The third-order valence-corrected chi connectivity index (χ3v) is 2.05. The van der Waals surface area contributed by atoms with Gasteiger partial charge in [-0.25, -0.2) is 9.78 Å². The van der Waals surface area contributed by atoms with Crippen LogP contribution in [0.2, 0.25) is 5.15 Å². The van der Waals surface area contributed by atoms with E-state index < -0.39 is 34.1 Å². The Hall–Kier alpha value is -1.81. The molecule has 0 atom stereocenters. The number of ether oxygens (including phenoxy) is 1. The lowest BCUT2D eigenvalue weighted by molar-refractivity contribution is -0.141. The van der Waals surface area contributed by atoms with E-state index in [0.29, 0.717) is 0 Å². The SMILES string of the molecule is CCOC(=O)c1c(C#N)cc(Cl)nc1C(F)(F)F. The molecule has 1 rings (SSSR count). The van der Waals surface area contributed by atoms with Crippen LogP contribution in [0.25, 0.3) is 0 Å². The van der Waals surface area contributed by atoms with E-state index in [1.807, 2.05) is 0 Å². The van der Waals surface area contributed by atoms with E-state index in [0.717, 1.165) is 6.07 Å². The van der Waals surface area contributed by atoms with E-state index in [1.54, 1.807) is 0 Å². The molecule has 0 radical (unpaired) electrons. The van der Waals surface area contributed by atoms with Crippen LogP contribution < -0.4 is 0 Å². The maximum atomic E-state index is 12.7. The average molecular weight is 279 g/mol. The third-order valence-electron chi connectivity index (χ3n) is 1.86. The lowest BCUT2D eigenvalue weighted by Gasteiger charge is -2.12. The number of esters is 1. The van der Waals surface area contributed by atoms with Crippen molar-refractivity contribution < 1.29 is 22.7 Å². The van der Waals surface area contributed by atoms with Crippen molar-refractivity contribution in [1.29, 1.82) is 5.26 Å². The predicted molar refractivity (Wildman–Crippen MR) is 54.9 cm³/mol. The average Bonchev–Trinajstić information content (AvgIpc) is 2.26.